The van der Waals surface area contributed by atoms with Crippen molar-refractivity contribution in [3.8, 4) is 5.75 Å². The molecule has 1 aliphatic rings. The van der Waals surface area contributed by atoms with Crippen molar-refractivity contribution in [2.45, 2.75) is 25.9 Å². The topological polar surface area (TPSA) is 41.6 Å². The van der Waals surface area contributed by atoms with Crippen LogP contribution in [0.15, 0.2) is 24.3 Å². The van der Waals surface area contributed by atoms with E-state index in [1.807, 2.05) is 4.90 Å². The van der Waals surface area contributed by atoms with Gasteiger partial charge in [0.25, 0.3) is 0 Å². The molecule has 2 rings (SSSR count). The van der Waals surface area contributed by atoms with Crippen molar-refractivity contribution >= 4 is 23.6 Å². The van der Waals surface area contributed by atoms with Crippen LogP contribution >= 0.6 is 11.6 Å². The van der Waals surface area contributed by atoms with Crippen LogP contribution in [0.2, 0.25) is 5.02 Å². The lowest BCUT2D eigenvalue weighted by atomic mass is 10.1. The lowest BCUT2D eigenvalue weighted by Gasteiger charge is -2.35. The number of nitrogens with zero attached hydrogens (tertiary/aromatic N) is 1. The molecule has 1 N–H and O–H groups in total. The number of hydrogen-bond donors (Lipinski definition) is 1. The lowest BCUT2D eigenvalue weighted by Crippen LogP contribution is -2.55. The molecule has 4 nitrogen and oxygen atoms in total. The fraction of sp³-hybridized carbons (Fsp3) is 0.438. The Morgan fingerprint density at radius 2 is 2.05 bits per heavy atom. The van der Waals surface area contributed by atoms with Crippen molar-refractivity contribution in [3.63, 3.8) is 0 Å². The maximum Gasteiger partial charge on any atom is 0.246 e. The average Bonchev–Trinajstić information content (AvgIpc) is 2.43. The number of rotatable bonds is 3. The maximum atomic E-state index is 12.3. The molecule has 1 saturated heterocycles. The second-order valence-corrected chi connectivity index (χ2v) is 5.87. The van der Waals surface area contributed by atoms with E-state index < -0.39 is 0 Å². The highest BCUT2D eigenvalue weighted by Gasteiger charge is 2.23. The molecule has 1 heterocycles. The molecule has 0 saturated carbocycles. The Morgan fingerprint density at radius 3 is 2.67 bits per heavy atom. The van der Waals surface area contributed by atoms with Gasteiger partial charge in [0.1, 0.15) is 5.75 Å². The van der Waals surface area contributed by atoms with Crippen LogP contribution < -0.4 is 10.1 Å². The fourth-order valence-corrected chi connectivity index (χ4v) is 2.79. The summed E-state index contributed by atoms with van der Waals surface area (Å²) >= 11 is 5.98. The van der Waals surface area contributed by atoms with Gasteiger partial charge in [-0.3, -0.25) is 4.79 Å². The Labute approximate surface area is 130 Å². The minimum Gasteiger partial charge on any atom is -0.496 e. The summed E-state index contributed by atoms with van der Waals surface area (Å²) in [6, 6.07) is 5.96. The molecule has 1 aromatic rings. The van der Waals surface area contributed by atoms with Gasteiger partial charge in [-0.15, -0.1) is 0 Å². The molecule has 114 valence electrons. The number of halogens is 1. The van der Waals surface area contributed by atoms with Gasteiger partial charge in [-0.1, -0.05) is 11.6 Å². The highest BCUT2D eigenvalue weighted by atomic mass is 35.5. The fourth-order valence-electron chi connectivity index (χ4n) is 2.61. The van der Waals surface area contributed by atoms with Crippen LogP contribution in [-0.4, -0.2) is 43.1 Å². The van der Waals surface area contributed by atoms with Crippen LogP contribution in [0.4, 0.5) is 0 Å². The summed E-state index contributed by atoms with van der Waals surface area (Å²) in [5, 5.41) is 4.03. The van der Waals surface area contributed by atoms with Crippen LogP contribution in [0.25, 0.3) is 6.08 Å². The summed E-state index contributed by atoms with van der Waals surface area (Å²) in [5.41, 5.74) is 0.801. The third kappa shape index (κ3) is 4.22. The summed E-state index contributed by atoms with van der Waals surface area (Å²) in [5.74, 6) is 0.711. The second kappa shape index (κ2) is 6.96. The Hall–Kier alpha value is -1.52. The maximum absolute atomic E-state index is 12.3. The standard InChI is InChI=1S/C16H21ClN2O2/c1-11-9-19(10-12(2)18-11)16(20)7-4-13-8-14(17)5-6-15(13)21-3/h4-8,11-12,18H,9-10H2,1-3H3. The van der Waals surface area contributed by atoms with E-state index in [4.69, 9.17) is 16.3 Å². The third-order valence-corrected chi connectivity index (χ3v) is 3.70. The molecular formula is C16H21ClN2O2. The number of nitrogens with one attached hydrogen (secondary N) is 1. The van der Waals surface area contributed by atoms with E-state index in [-0.39, 0.29) is 5.91 Å². The molecule has 2 atom stereocenters. The minimum absolute atomic E-state index is 0.0113. The van der Waals surface area contributed by atoms with Crippen molar-refractivity contribution in [2.75, 3.05) is 20.2 Å². The van der Waals surface area contributed by atoms with Crippen LogP contribution in [0.1, 0.15) is 19.4 Å². The normalized spacial score (nSPS) is 22.6. The monoisotopic (exact) mass is 308 g/mol. The zero-order valence-corrected chi connectivity index (χ0v) is 13.4. The Morgan fingerprint density at radius 1 is 1.38 bits per heavy atom. The van der Waals surface area contributed by atoms with Gasteiger partial charge >= 0.3 is 0 Å². The zero-order chi connectivity index (χ0) is 15.4. The van der Waals surface area contributed by atoms with Crippen LogP contribution in [0.5, 0.6) is 5.75 Å². The first-order valence-corrected chi connectivity index (χ1v) is 7.44. The van der Waals surface area contributed by atoms with E-state index in [2.05, 4.69) is 19.2 Å². The molecule has 0 spiro atoms. The first-order valence-electron chi connectivity index (χ1n) is 7.06. The van der Waals surface area contributed by atoms with E-state index in [1.165, 1.54) is 0 Å². The number of ether oxygens (including phenoxy) is 1. The molecule has 1 fully saturated rings. The zero-order valence-electron chi connectivity index (χ0n) is 12.6. The molecular weight excluding hydrogens is 288 g/mol. The first-order chi connectivity index (χ1) is 9.99. The molecule has 0 aromatic heterocycles. The molecule has 1 amide bonds. The number of carbonyl (C=O) groups excluding carboxylic acids is 1. The Balaban J connectivity index is 2.10. The van der Waals surface area contributed by atoms with Gasteiger partial charge in [0.2, 0.25) is 5.91 Å². The molecule has 5 heteroatoms. The molecule has 0 bridgehead atoms. The molecule has 1 aliphatic heterocycles. The predicted octanol–water partition coefficient (Wildman–Crippen LogP) is 2.57. The van der Waals surface area contributed by atoms with E-state index in [1.54, 1.807) is 37.5 Å². The summed E-state index contributed by atoms with van der Waals surface area (Å²) in [4.78, 5) is 14.1. The quantitative estimate of drug-likeness (QED) is 0.873. The summed E-state index contributed by atoms with van der Waals surface area (Å²) in [6.07, 6.45) is 3.34. The van der Waals surface area contributed by atoms with Crippen LogP contribution in [0, 0.1) is 0 Å². The lowest BCUT2D eigenvalue weighted by molar-refractivity contribution is -0.127. The van der Waals surface area contributed by atoms with Gasteiger partial charge in [0.15, 0.2) is 0 Å². The van der Waals surface area contributed by atoms with Crippen molar-refractivity contribution in [2.24, 2.45) is 0 Å². The van der Waals surface area contributed by atoms with Crippen molar-refractivity contribution in [3.05, 3.63) is 34.9 Å². The number of hydrogen-bond acceptors (Lipinski definition) is 3. The number of carbonyl (C=O) groups is 1. The molecule has 0 radical (unpaired) electrons. The molecule has 1 aromatic carbocycles. The predicted molar refractivity (Wildman–Crippen MR) is 85.7 cm³/mol. The van der Waals surface area contributed by atoms with E-state index in [9.17, 15) is 4.79 Å². The van der Waals surface area contributed by atoms with Gasteiger partial charge in [-0.25, -0.2) is 0 Å². The number of amides is 1. The van der Waals surface area contributed by atoms with Crippen molar-refractivity contribution < 1.29 is 9.53 Å². The number of benzene rings is 1. The minimum atomic E-state index is 0.0113. The highest BCUT2D eigenvalue weighted by Crippen LogP contribution is 2.23. The van der Waals surface area contributed by atoms with E-state index in [0.717, 1.165) is 18.7 Å². The van der Waals surface area contributed by atoms with Gasteiger partial charge in [-0.2, -0.15) is 0 Å². The Bertz CT molecular complexity index is 535. The summed E-state index contributed by atoms with van der Waals surface area (Å²) in [7, 11) is 1.60. The van der Waals surface area contributed by atoms with Crippen molar-refractivity contribution in [1.29, 1.82) is 0 Å². The van der Waals surface area contributed by atoms with E-state index >= 15 is 0 Å². The first kappa shape index (κ1) is 15.9. The summed E-state index contributed by atoms with van der Waals surface area (Å²) < 4.78 is 5.27. The smallest absolute Gasteiger partial charge is 0.246 e. The van der Waals surface area contributed by atoms with Gasteiger partial charge in [-0.05, 0) is 38.1 Å². The van der Waals surface area contributed by atoms with Gasteiger partial charge in [0, 0.05) is 41.8 Å². The van der Waals surface area contributed by atoms with Gasteiger partial charge < -0.3 is 15.0 Å². The Kier molecular flexibility index (Phi) is 5.26. The number of piperazine rings is 1. The van der Waals surface area contributed by atoms with Crippen LogP contribution in [-0.2, 0) is 4.79 Å². The highest BCUT2D eigenvalue weighted by molar-refractivity contribution is 6.30. The van der Waals surface area contributed by atoms with Crippen LogP contribution in [0.3, 0.4) is 0 Å². The largest absolute Gasteiger partial charge is 0.496 e. The summed E-state index contributed by atoms with van der Waals surface area (Å²) in [6.45, 7) is 5.61. The van der Waals surface area contributed by atoms with Crippen molar-refractivity contribution in [1.82, 2.24) is 10.2 Å². The molecule has 21 heavy (non-hydrogen) atoms. The van der Waals surface area contributed by atoms with E-state index in [0.29, 0.717) is 22.9 Å². The third-order valence-electron chi connectivity index (χ3n) is 3.47. The van der Waals surface area contributed by atoms with Gasteiger partial charge in [0.05, 0.1) is 7.11 Å². The average molecular weight is 309 g/mol. The SMILES string of the molecule is COc1ccc(Cl)cc1C=CC(=O)N1CC(C)NC(C)C1. The number of methoxy groups -OCH3 is 1. The molecule has 2 unspecified atom stereocenters. The molecule has 0 aliphatic carbocycles. The second-order valence-electron chi connectivity index (χ2n) is 5.43.